The van der Waals surface area contributed by atoms with Gasteiger partial charge in [-0.1, -0.05) is 36.4 Å². The van der Waals surface area contributed by atoms with Crippen molar-refractivity contribution in [3.8, 4) is 17.1 Å². The normalized spacial score (nSPS) is 10.3. The molecule has 23 heavy (non-hydrogen) atoms. The number of carbonyl (C=O) groups is 1. The predicted octanol–water partition coefficient (Wildman–Crippen LogP) is 3.91. The van der Waals surface area contributed by atoms with Crippen LogP contribution in [0.3, 0.4) is 0 Å². The van der Waals surface area contributed by atoms with Gasteiger partial charge >= 0.3 is 0 Å². The number of carbonyl (C=O) groups excluding carboxylic acids is 1. The van der Waals surface area contributed by atoms with E-state index in [1.807, 2.05) is 55.5 Å². The topological polar surface area (TPSA) is 64.4 Å². The minimum Gasteiger partial charge on any atom is -0.495 e. The van der Waals surface area contributed by atoms with Crippen LogP contribution >= 0.6 is 0 Å². The number of nitrogens with zero attached hydrogens (tertiary/aromatic N) is 1. The smallest absolute Gasteiger partial charge is 0.278 e. The lowest BCUT2D eigenvalue weighted by Crippen LogP contribution is -2.14. The molecular formula is C18H16N2O3. The third-order valence-electron chi connectivity index (χ3n) is 3.42. The zero-order chi connectivity index (χ0) is 16.2. The second-order valence-electron chi connectivity index (χ2n) is 5.05. The Balaban J connectivity index is 1.91. The molecule has 5 nitrogen and oxygen atoms in total. The lowest BCUT2D eigenvalue weighted by atomic mass is 10.1. The molecule has 0 aliphatic carbocycles. The summed E-state index contributed by atoms with van der Waals surface area (Å²) < 4.78 is 10.7. The van der Waals surface area contributed by atoms with Crippen LogP contribution in [-0.2, 0) is 0 Å². The van der Waals surface area contributed by atoms with Gasteiger partial charge in [0.25, 0.3) is 5.91 Å². The first-order chi connectivity index (χ1) is 11.2. The van der Waals surface area contributed by atoms with Gasteiger partial charge in [-0.25, -0.2) is 4.98 Å². The summed E-state index contributed by atoms with van der Waals surface area (Å²) >= 11 is 0. The molecule has 0 aliphatic heterocycles. The molecule has 0 unspecified atom stereocenters. The van der Waals surface area contributed by atoms with Crippen molar-refractivity contribution in [2.45, 2.75) is 6.92 Å². The molecule has 0 fully saturated rings. The Morgan fingerprint density at radius 1 is 1.17 bits per heavy atom. The van der Waals surface area contributed by atoms with E-state index in [9.17, 15) is 4.79 Å². The molecule has 0 aliphatic rings. The Kier molecular flexibility index (Phi) is 4.10. The van der Waals surface area contributed by atoms with Crippen LogP contribution in [0.2, 0.25) is 0 Å². The monoisotopic (exact) mass is 308 g/mol. The minimum absolute atomic E-state index is 0.236. The van der Waals surface area contributed by atoms with Crippen LogP contribution < -0.4 is 10.1 Å². The molecule has 1 N–H and O–H groups in total. The molecule has 2 aromatic carbocycles. The summed E-state index contributed by atoms with van der Waals surface area (Å²) in [6.07, 6.45) is 1.27. The Morgan fingerprint density at radius 3 is 2.70 bits per heavy atom. The number of ether oxygens (including phenoxy) is 1. The second-order valence-corrected chi connectivity index (χ2v) is 5.05. The highest BCUT2D eigenvalue weighted by atomic mass is 16.5. The number of aromatic nitrogens is 1. The highest BCUT2D eigenvalue weighted by molar-refractivity contribution is 6.07. The highest BCUT2D eigenvalue weighted by Gasteiger charge is 2.19. The summed E-state index contributed by atoms with van der Waals surface area (Å²) in [5, 5.41) is 2.83. The number of hydrogen-bond acceptors (Lipinski definition) is 4. The van der Waals surface area contributed by atoms with Gasteiger partial charge in [0.2, 0.25) is 0 Å². The van der Waals surface area contributed by atoms with E-state index in [2.05, 4.69) is 10.3 Å². The van der Waals surface area contributed by atoms with Crippen molar-refractivity contribution in [2.24, 2.45) is 0 Å². The fourth-order valence-electron chi connectivity index (χ4n) is 2.30. The van der Waals surface area contributed by atoms with Crippen molar-refractivity contribution >= 4 is 11.6 Å². The largest absolute Gasteiger partial charge is 0.495 e. The molecular weight excluding hydrogens is 292 g/mol. The van der Waals surface area contributed by atoms with Crippen LogP contribution in [-0.4, -0.2) is 18.0 Å². The number of anilines is 1. The number of hydrogen-bond donors (Lipinski definition) is 1. The van der Waals surface area contributed by atoms with E-state index in [-0.39, 0.29) is 11.6 Å². The predicted molar refractivity (Wildman–Crippen MR) is 87.6 cm³/mol. The van der Waals surface area contributed by atoms with Crippen molar-refractivity contribution in [1.29, 1.82) is 0 Å². The van der Waals surface area contributed by atoms with Crippen LogP contribution in [0.5, 0.6) is 5.75 Å². The van der Waals surface area contributed by atoms with Gasteiger partial charge in [0.15, 0.2) is 17.8 Å². The van der Waals surface area contributed by atoms with Crippen molar-refractivity contribution in [3.63, 3.8) is 0 Å². The van der Waals surface area contributed by atoms with E-state index in [0.717, 1.165) is 11.1 Å². The van der Waals surface area contributed by atoms with Gasteiger partial charge < -0.3 is 14.5 Å². The Morgan fingerprint density at radius 2 is 1.96 bits per heavy atom. The average Bonchev–Trinajstić information content (AvgIpc) is 3.05. The van der Waals surface area contributed by atoms with Crippen LogP contribution in [0.4, 0.5) is 5.69 Å². The number of amides is 1. The summed E-state index contributed by atoms with van der Waals surface area (Å²) in [6.45, 7) is 1.95. The number of methoxy groups -OCH3 is 1. The third-order valence-corrected chi connectivity index (χ3v) is 3.42. The quantitative estimate of drug-likeness (QED) is 0.793. The molecule has 1 aromatic heterocycles. The summed E-state index contributed by atoms with van der Waals surface area (Å²) in [5.41, 5.74) is 2.65. The number of benzene rings is 2. The molecule has 116 valence electrons. The summed E-state index contributed by atoms with van der Waals surface area (Å²) in [6, 6.07) is 15.0. The van der Waals surface area contributed by atoms with E-state index < -0.39 is 0 Å². The molecule has 0 atom stereocenters. The molecule has 5 heteroatoms. The van der Waals surface area contributed by atoms with Crippen molar-refractivity contribution in [2.75, 3.05) is 12.4 Å². The molecule has 1 amide bonds. The molecule has 0 saturated heterocycles. The van der Waals surface area contributed by atoms with Crippen LogP contribution in [0.1, 0.15) is 16.1 Å². The molecule has 0 radical (unpaired) electrons. The number of rotatable bonds is 4. The van der Waals surface area contributed by atoms with Crippen molar-refractivity contribution in [1.82, 2.24) is 4.98 Å². The molecule has 0 spiro atoms. The maximum Gasteiger partial charge on any atom is 0.278 e. The van der Waals surface area contributed by atoms with Gasteiger partial charge in [0, 0.05) is 5.56 Å². The molecule has 3 aromatic rings. The van der Waals surface area contributed by atoms with E-state index >= 15 is 0 Å². The second kappa shape index (κ2) is 6.36. The molecule has 1 heterocycles. The van der Waals surface area contributed by atoms with Crippen LogP contribution in [0.25, 0.3) is 11.3 Å². The zero-order valence-electron chi connectivity index (χ0n) is 12.9. The van der Waals surface area contributed by atoms with E-state index in [1.165, 1.54) is 6.39 Å². The van der Waals surface area contributed by atoms with Gasteiger partial charge in [-0.2, -0.15) is 0 Å². The Hall–Kier alpha value is -3.08. The maximum atomic E-state index is 12.6. The summed E-state index contributed by atoms with van der Waals surface area (Å²) in [7, 11) is 1.56. The molecule has 0 bridgehead atoms. The van der Waals surface area contributed by atoms with Gasteiger partial charge in [-0.15, -0.1) is 0 Å². The third kappa shape index (κ3) is 3.08. The summed E-state index contributed by atoms with van der Waals surface area (Å²) in [5.74, 6) is 0.685. The first kappa shape index (κ1) is 14.8. The lowest BCUT2D eigenvalue weighted by molar-refractivity contribution is 0.102. The number of aryl methyl sites for hydroxylation is 1. The van der Waals surface area contributed by atoms with Gasteiger partial charge in [0.1, 0.15) is 5.75 Å². The first-order valence-electron chi connectivity index (χ1n) is 7.14. The number of nitrogens with one attached hydrogen (secondary N) is 1. The van der Waals surface area contributed by atoms with E-state index in [4.69, 9.17) is 9.15 Å². The fraction of sp³-hybridized carbons (Fsp3) is 0.111. The maximum absolute atomic E-state index is 12.6. The molecule has 3 rings (SSSR count). The lowest BCUT2D eigenvalue weighted by Gasteiger charge is -2.10. The molecule has 0 saturated carbocycles. The first-order valence-corrected chi connectivity index (χ1v) is 7.14. The van der Waals surface area contributed by atoms with E-state index in [0.29, 0.717) is 17.2 Å². The van der Waals surface area contributed by atoms with Crippen LogP contribution in [0.15, 0.2) is 59.3 Å². The minimum atomic E-state index is -0.346. The SMILES string of the molecule is COc1ccc(C)cc1NC(=O)c1ncoc1-c1ccccc1. The van der Waals surface area contributed by atoms with Gasteiger partial charge in [0.05, 0.1) is 12.8 Å². The zero-order valence-corrected chi connectivity index (χ0v) is 12.9. The fourth-order valence-corrected chi connectivity index (χ4v) is 2.30. The Labute approximate surface area is 133 Å². The summed E-state index contributed by atoms with van der Waals surface area (Å²) in [4.78, 5) is 16.6. The van der Waals surface area contributed by atoms with Crippen molar-refractivity contribution < 1.29 is 13.9 Å². The van der Waals surface area contributed by atoms with E-state index in [1.54, 1.807) is 7.11 Å². The Bertz CT molecular complexity index is 825. The average molecular weight is 308 g/mol. The van der Waals surface area contributed by atoms with Crippen molar-refractivity contribution in [3.05, 3.63) is 66.2 Å². The standard InChI is InChI=1S/C18H16N2O3/c1-12-8-9-15(22-2)14(10-12)20-18(21)16-17(23-11-19-16)13-6-4-3-5-7-13/h3-11H,1-2H3,(H,20,21). The van der Waals surface area contributed by atoms with Crippen LogP contribution in [0, 0.1) is 6.92 Å². The highest BCUT2D eigenvalue weighted by Crippen LogP contribution is 2.28. The van der Waals surface area contributed by atoms with Gasteiger partial charge in [-0.05, 0) is 24.6 Å². The number of oxazole rings is 1. The van der Waals surface area contributed by atoms with Gasteiger partial charge in [-0.3, -0.25) is 4.79 Å².